The maximum absolute atomic E-state index is 12.5. The molecule has 4 aromatic rings. The summed E-state index contributed by atoms with van der Waals surface area (Å²) >= 11 is 7.55. The van der Waals surface area contributed by atoms with Gasteiger partial charge >= 0.3 is 5.69 Å². The molecule has 0 saturated carbocycles. The van der Waals surface area contributed by atoms with Crippen LogP contribution in [0.5, 0.6) is 0 Å². The number of thiazole rings is 1. The molecule has 3 heterocycles. The third-order valence-corrected chi connectivity index (χ3v) is 5.94. The number of rotatable bonds is 5. The molecule has 30 heavy (non-hydrogen) atoms. The predicted molar refractivity (Wildman–Crippen MR) is 115 cm³/mol. The normalized spacial score (nSPS) is 11.2. The van der Waals surface area contributed by atoms with Crippen molar-refractivity contribution in [2.24, 2.45) is 14.1 Å². The van der Waals surface area contributed by atoms with Crippen LogP contribution in [-0.2, 0) is 31.9 Å². The van der Waals surface area contributed by atoms with E-state index in [1.54, 1.807) is 6.20 Å². The number of imidazole rings is 1. The Morgan fingerprint density at radius 1 is 1.17 bits per heavy atom. The van der Waals surface area contributed by atoms with Crippen molar-refractivity contribution in [1.82, 2.24) is 23.7 Å². The van der Waals surface area contributed by atoms with Gasteiger partial charge in [0.1, 0.15) is 6.54 Å². The molecule has 1 N–H and O–H groups in total. The van der Waals surface area contributed by atoms with E-state index in [1.807, 2.05) is 24.3 Å². The Morgan fingerprint density at radius 3 is 2.70 bits per heavy atom. The van der Waals surface area contributed by atoms with Crippen LogP contribution in [0.15, 0.2) is 46.4 Å². The zero-order valence-corrected chi connectivity index (χ0v) is 17.7. The van der Waals surface area contributed by atoms with E-state index in [4.69, 9.17) is 11.6 Å². The minimum Gasteiger partial charge on any atom is -0.315 e. The van der Waals surface area contributed by atoms with Gasteiger partial charge in [-0.2, -0.15) is 0 Å². The second-order valence-electron chi connectivity index (χ2n) is 6.70. The zero-order valence-electron chi connectivity index (χ0n) is 16.1. The van der Waals surface area contributed by atoms with Gasteiger partial charge in [-0.25, -0.2) is 14.8 Å². The smallest absolute Gasteiger partial charge is 0.315 e. The van der Waals surface area contributed by atoms with Crippen LogP contribution in [0.25, 0.3) is 11.2 Å². The van der Waals surface area contributed by atoms with Gasteiger partial charge in [-0.05, 0) is 11.6 Å². The van der Waals surface area contributed by atoms with Crippen LogP contribution in [0.4, 0.5) is 5.13 Å². The molecule has 0 aliphatic rings. The van der Waals surface area contributed by atoms with Crippen LogP contribution in [0, 0.1) is 0 Å². The van der Waals surface area contributed by atoms with Gasteiger partial charge in [0, 0.05) is 36.6 Å². The summed E-state index contributed by atoms with van der Waals surface area (Å²) in [7, 11) is 2.91. The van der Waals surface area contributed by atoms with Crippen molar-refractivity contribution in [3.05, 3.63) is 73.1 Å². The van der Waals surface area contributed by atoms with Crippen molar-refractivity contribution in [2.45, 2.75) is 13.0 Å². The molecule has 0 aliphatic carbocycles. The number of carbonyl (C=O) groups excluding carboxylic acids is 1. The summed E-state index contributed by atoms with van der Waals surface area (Å²) in [4.78, 5) is 46.3. The number of nitrogens with zero attached hydrogens (tertiary/aromatic N) is 5. The van der Waals surface area contributed by atoms with Crippen molar-refractivity contribution >= 4 is 45.1 Å². The third-order valence-electron chi connectivity index (χ3n) is 4.65. The first-order valence-electron chi connectivity index (χ1n) is 8.94. The summed E-state index contributed by atoms with van der Waals surface area (Å²) in [6.45, 7) is -0.136. The molecule has 9 nitrogen and oxygen atoms in total. The lowest BCUT2D eigenvalue weighted by Gasteiger charge is -2.06. The fourth-order valence-electron chi connectivity index (χ4n) is 3.11. The Bertz CT molecular complexity index is 1380. The highest BCUT2D eigenvalue weighted by molar-refractivity contribution is 7.15. The van der Waals surface area contributed by atoms with Gasteiger partial charge in [-0.15, -0.1) is 11.3 Å². The Kier molecular flexibility index (Phi) is 5.27. The monoisotopic (exact) mass is 444 g/mol. The number of halogens is 1. The standard InChI is InChI=1S/C19H17ClN6O3S/c1-24-16-15(17(28)25(2)19(24)29)26(10-22-16)9-14(27)23-18-21-8-12(30-18)7-11-5-3-4-6-13(11)20/h3-6,8,10H,7,9H2,1-2H3,(H,21,23,27). The summed E-state index contributed by atoms with van der Waals surface area (Å²) in [5, 5.41) is 3.87. The number of amides is 1. The largest absolute Gasteiger partial charge is 0.332 e. The predicted octanol–water partition coefficient (Wildman–Crippen LogP) is 1.77. The molecule has 0 spiro atoms. The number of hydrogen-bond acceptors (Lipinski definition) is 6. The maximum Gasteiger partial charge on any atom is 0.332 e. The van der Waals surface area contributed by atoms with Crippen LogP contribution in [-0.4, -0.2) is 29.6 Å². The van der Waals surface area contributed by atoms with E-state index in [9.17, 15) is 14.4 Å². The molecular formula is C19H17ClN6O3S. The first-order chi connectivity index (χ1) is 14.3. The van der Waals surface area contributed by atoms with Crippen molar-refractivity contribution in [1.29, 1.82) is 0 Å². The number of aromatic nitrogens is 5. The lowest BCUT2D eigenvalue weighted by molar-refractivity contribution is -0.116. The number of nitrogens with one attached hydrogen (secondary N) is 1. The van der Waals surface area contributed by atoms with Gasteiger partial charge < -0.3 is 9.88 Å². The van der Waals surface area contributed by atoms with Crippen molar-refractivity contribution < 1.29 is 4.79 Å². The number of aryl methyl sites for hydroxylation is 1. The lowest BCUT2D eigenvalue weighted by Crippen LogP contribution is -2.37. The summed E-state index contributed by atoms with van der Waals surface area (Å²) in [5.74, 6) is -0.358. The quantitative estimate of drug-likeness (QED) is 0.505. The van der Waals surface area contributed by atoms with Crippen LogP contribution in [0.3, 0.4) is 0 Å². The zero-order chi connectivity index (χ0) is 21.4. The topological polar surface area (TPSA) is 104 Å². The first kappa shape index (κ1) is 20.0. The fraction of sp³-hybridized carbons (Fsp3) is 0.211. The molecule has 0 atom stereocenters. The van der Waals surface area contributed by atoms with Crippen LogP contribution >= 0.6 is 22.9 Å². The summed E-state index contributed by atoms with van der Waals surface area (Å²) in [6, 6.07) is 7.56. The van der Waals surface area contributed by atoms with E-state index in [2.05, 4.69) is 15.3 Å². The highest BCUT2D eigenvalue weighted by Gasteiger charge is 2.16. The van der Waals surface area contributed by atoms with Gasteiger partial charge in [0.15, 0.2) is 16.3 Å². The average Bonchev–Trinajstić information content (AvgIpc) is 3.33. The van der Waals surface area contributed by atoms with Gasteiger partial charge in [0.2, 0.25) is 5.91 Å². The van der Waals surface area contributed by atoms with Crippen LogP contribution < -0.4 is 16.6 Å². The van der Waals surface area contributed by atoms with Crippen LogP contribution in [0.2, 0.25) is 5.02 Å². The molecule has 0 unspecified atom stereocenters. The Hall–Kier alpha value is -3.24. The average molecular weight is 445 g/mol. The van der Waals surface area contributed by atoms with E-state index in [0.717, 1.165) is 15.0 Å². The van der Waals surface area contributed by atoms with Gasteiger partial charge in [0.25, 0.3) is 5.56 Å². The molecule has 4 rings (SSSR count). The number of carbonyl (C=O) groups is 1. The second-order valence-corrected chi connectivity index (χ2v) is 8.22. The molecule has 1 aromatic carbocycles. The third kappa shape index (κ3) is 3.66. The summed E-state index contributed by atoms with van der Waals surface area (Å²) in [5.41, 5.74) is 0.415. The van der Waals surface area contributed by atoms with E-state index in [-0.39, 0.29) is 23.6 Å². The van der Waals surface area contributed by atoms with Gasteiger partial charge in [0.05, 0.1) is 6.33 Å². The van der Waals surface area contributed by atoms with E-state index in [1.165, 1.54) is 40.9 Å². The number of fused-ring (bicyclic) bond motifs is 1. The summed E-state index contributed by atoms with van der Waals surface area (Å²) in [6.07, 6.45) is 3.68. The van der Waals surface area contributed by atoms with Crippen molar-refractivity contribution in [2.75, 3.05) is 5.32 Å². The molecule has 3 aromatic heterocycles. The maximum atomic E-state index is 12.5. The molecule has 0 saturated heterocycles. The molecule has 0 bridgehead atoms. The molecular weight excluding hydrogens is 428 g/mol. The molecule has 0 radical (unpaired) electrons. The molecule has 154 valence electrons. The van der Waals surface area contributed by atoms with Gasteiger partial charge in [-0.1, -0.05) is 29.8 Å². The van der Waals surface area contributed by atoms with E-state index in [0.29, 0.717) is 16.6 Å². The van der Waals surface area contributed by atoms with Gasteiger partial charge in [-0.3, -0.25) is 18.7 Å². The van der Waals surface area contributed by atoms with E-state index >= 15 is 0 Å². The molecule has 1 amide bonds. The minimum absolute atomic E-state index is 0.136. The van der Waals surface area contributed by atoms with E-state index < -0.39 is 11.2 Å². The molecule has 0 fully saturated rings. The fourth-order valence-corrected chi connectivity index (χ4v) is 4.16. The Labute approximate surface area is 179 Å². The Balaban J connectivity index is 1.51. The molecule has 11 heteroatoms. The summed E-state index contributed by atoms with van der Waals surface area (Å²) < 4.78 is 3.68. The number of hydrogen-bond donors (Lipinski definition) is 1. The minimum atomic E-state index is -0.505. The Morgan fingerprint density at radius 2 is 1.93 bits per heavy atom. The lowest BCUT2D eigenvalue weighted by atomic mass is 10.1. The highest BCUT2D eigenvalue weighted by Crippen LogP contribution is 2.24. The van der Waals surface area contributed by atoms with Crippen molar-refractivity contribution in [3.63, 3.8) is 0 Å². The number of benzene rings is 1. The number of anilines is 1. The second kappa shape index (κ2) is 7.88. The first-order valence-corrected chi connectivity index (χ1v) is 10.1. The SMILES string of the molecule is Cn1c(=O)c2c(ncn2CC(=O)Nc2ncc(Cc3ccccc3Cl)s2)n(C)c1=O. The highest BCUT2D eigenvalue weighted by atomic mass is 35.5. The van der Waals surface area contributed by atoms with Crippen LogP contribution in [0.1, 0.15) is 10.4 Å². The van der Waals surface area contributed by atoms with Crippen molar-refractivity contribution in [3.8, 4) is 0 Å². The molecule has 0 aliphatic heterocycles.